The van der Waals surface area contributed by atoms with Crippen molar-refractivity contribution in [3.05, 3.63) is 42.5 Å². The summed E-state index contributed by atoms with van der Waals surface area (Å²) in [6, 6.07) is 7.57. The summed E-state index contributed by atoms with van der Waals surface area (Å²) in [7, 11) is 0. The average Bonchev–Trinajstić information content (AvgIpc) is 2.58. The van der Waals surface area contributed by atoms with E-state index in [1.165, 1.54) is 0 Å². The Bertz CT molecular complexity index is 562. The fourth-order valence-electron chi connectivity index (χ4n) is 2.87. The number of aliphatic carboxylic acids is 1. The quantitative estimate of drug-likeness (QED) is 0.758. The van der Waals surface area contributed by atoms with Crippen LogP contribution in [0, 0.1) is 11.8 Å². The lowest BCUT2D eigenvalue weighted by Crippen LogP contribution is -2.34. The molecule has 0 aromatic heterocycles. The van der Waals surface area contributed by atoms with Crippen molar-refractivity contribution in [1.29, 1.82) is 0 Å². The zero-order chi connectivity index (χ0) is 16.7. The van der Waals surface area contributed by atoms with Crippen LogP contribution in [-0.4, -0.2) is 23.6 Å². The normalized spacial score (nSPS) is 20.5. The molecule has 0 atom stereocenters. The predicted octanol–water partition coefficient (Wildman–Crippen LogP) is 2.76. The summed E-state index contributed by atoms with van der Waals surface area (Å²) in [5, 5.41) is 11.9. The van der Waals surface area contributed by atoms with Crippen molar-refractivity contribution in [1.82, 2.24) is 5.32 Å². The molecule has 2 N–H and O–H groups in total. The first-order valence-corrected chi connectivity index (χ1v) is 7.94. The Morgan fingerprint density at radius 1 is 1.22 bits per heavy atom. The second-order valence-electron chi connectivity index (χ2n) is 5.81. The number of hydrogen-bond donors (Lipinski definition) is 2. The highest BCUT2D eigenvalue weighted by atomic mass is 16.5. The van der Waals surface area contributed by atoms with Gasteiger partial charge in [-0.3, -0.25) is 9.59 Å². The van der Waals surface area contributed by atoms with E-state index < -0.39 is 5.97 Å². The van der Waals surface area contributed by atoms with Gasteiger partial charge in [0, 0.05) is 18.0 Å². The van der Waals surface area contributed by atoms with Crippen LogP contribution in [0.1, 0.15) is 31.2 Å². The van der Waals surface area contributed by atoms with Crippen LogP contribution < -0.4 is 10.1 Å². The molecule has 1 aromatic carbocycles. The highest BCUT2D eigenvalue weighted by Crippen LogP contribution is 2.29. The molecule has 0 saturated heterocycles. The molecule has 1 aliphatic rings. The van der Waals surface area contributed by atoms with Gasteiger partial charge in [0.25, 0.3) is 0 Å². The summed E-state index contributed by atoms with van der Waals surface area (Å²) >= 11 is 0. The van der Waals surface area contributed by atoms with Gasteiger partial charge in [-0.15, -0.1) is 0 Å². The standard InChI is InChI=1S/C18H23NO4/c1-2-11-23-16-6-4-3-5-15(16)12-19-17(20)13-7-9-14(10-8-13)18(21)22/h2-6,13-14H,1,7-12H2,(H,19,20)(H,21,22). The van der Waals surface area contributed by atoms with Gasteiger partial charge < -0.3 is 15.2 Å². The number of carbonyl (C=O) groups excluding carboxylic acids is 1. The van der Waals surface area contributed by atoms with Crippen LogP contribution in [0.5, 0.6) is 5.75 Å². The first-order valence-electron chi connectivity index (χ1n) is 7.94. The molecule has 0 bridgehead atoms. The number of rotatable bonds is 7. The van der Waals surface area contributed by atoms with Gasteiger partial charge in [-0.1, -0.05) is 30.9 Å². The maximum Gasteiger partial charge on any atom is 0.306 e. The monoisotopic (exact) mass is 317 g/mol. The second-order valence-corrected chi connectivity index (χ2v) is 5.81. The van der Waals surface area contributed by atoms with E-state index >= 15 is 0 Å². The van der Waals surface area contributed by atoms with E-state index in [2.05, 4.69) is 11.9 Å². The van der Waals surface area contributed by atoms with E-state index in [0.29, 0.717) is 38.8 Å². The minimum Gasteiger partial charge on any atom is -0.489 e. The zero-order valence-electron chi connectivity index (χ0n) is 13.2. The van der Waals surface area contributed by atoms with Gasteiger partial charge in [0.2, 0.25) is 5.91 Å². The van der Waals surface area contributed by atoms with Crippen molar-refractivity contribution in [3.63, 3.8) is 0 Å². The van der Waals surface area contributed by atoms with Crippen LogP contribution >= 0.6 is 0 Å². The van der Waals surface area contributed by atoms with Gasteiger partial charge in [-0.25, -0.2) is 0 Å². The Morgan fingerprint density at radius 2 is 1.87 bits per heavy atom. The van der Waals surface area contributed by atoms with E-state index in [1.807, 2.05) is 24.3 Å². The number of carboxylic acid groups (broad SMARTS) is 1. The third-order valence-corrected chi connectivity index (χ3v) is 4.23. The maximum atomic E-state index is 12.3. The number of carbonyl (C=O) groups is 2. The molecule has 124 valence electrons. The first-order chi connectivity index (χ1) is 11.1. The highest BCUT2D eigenvalue weighted by Gasteiger charge is 2.29. The lowest BCUT2D eigenvalue weighted by Gasteiger charge is -2.25. The molecule has 2 rings (SSSR count). The number of benzene rings is 1. The van der Waals surface area contributed by atoms with Gasteiger partial charge in [0.05, 0.1) is 5.92 Å². The molecule has 23 heavy (non-hydrogen) atoms. The molecule has 0 heterocycles. The summed E-state index contributed by atoms with van der Waals surface area (Å²) in [6.45, 7) is 4.45. The van der Waals surface area contributed by atoms with E-state index in [0.717, 1.165) is 11.3 Å². The lowest BCUT2D eigenvalue weighted by atomic mass is 9.81. The highest BCUT2D eigenvalue weighted by molar-refractivity contribution is 5.79. The maximum absolute atomic E-state index is 12.3. The third kappa shape index (κ3) is 4.84. The predicted molar refractivity (Wildman–Crippen MR) is 87.1 cm³/mol. The number of amides is 1. The molecular weight excluding hydrogens is 294 g/mol. The largest absolute Gasteiger partial charge is 0.489 e. The molecular formula is C18H23NO4. The Labute approximate surface area is 136 Å². The topological polar surface area (TPSA) is 75.6 Å². The summed E-state index contributed by atoms with van der Waals surface area (Å²) < 4.78 is 5.57. The SMILES string of the molecule is C=CCOc1ccccc1CNC(=O)C1CCC(C(=O)O)CC1. The van der Waals surface area contributed by atoms with Crippen LogP contribution in [0.15, 0.2) is 36.9 Å². The molecule has 1 saturated carbocycles. The van der Waals surface area contributed by atoms with Crippen molar-refractivity contribution >= 4 is 11.9 Å². The van der Waals surface area contributed by atoms with E-state index in [1.54, 1.807) is 6.08 Å². The first kappa shape index (κ1) is 17.1. The summed E-state index contributed by atoms with van der Waals surface area (Å²) in [6.07, 6.45) is 4.10. The van der Waals surface area contributed by atoms with E-state index in [4.69, 9.17) is 9.84 Å². The van der Waals surface area contributed by atoms with Crippen LogP contribution in [0.25, 0.3) is 0 Å². The Morgan fingerprint density at radius 3 is 2.52 bits per heavy atom. The van der Waals surface area contributed by atoms with Crippen molar-refractivity contribution in [2.24, 2.45) is 11.8 Å². The Kier molecular flexibility index (Phi) is 6.20. The third-order valence-electron chi connectivity index (χ3n) is 4.23. The number of ether oxygens (including phenoxy) is 1. The fourth-order valence-corrected chi connectivity index (χ4v) is 2.87. The average molecular weight is 317 g/mol. The molecule has 1 aromatic rings. The zero-order valence-corrected chi connectivity index (χ0v) is 13.2. The van der Waals surface area contributed by atoms with Crippen molar-refractivity contribution in [3.8, 4) is 5.75 Å². The van der Waals surface area contributed by atoms with Crippen molar-refractivity contribution < 1.29 is 19.4 Å². The van der Waals surface area contributed by atoms with Crippen LogP contribution in [0.3, 0.4) is 0 Å². The summed E-state index contributed by atoms with van der Waals surface area (Å²) in [4.78, 5) is 23.2. The Hall–Kier alpha value is -2.30. The van der Waals surface area contributed by atoms with E-state index in [-0.39, 0.29) is 17.7 Å². The molecule has 0 aliphatic heterocycles. The molecule has 1 amide bonds. The fraction of sp³-hybridized carbons (Fsp3) is 0.444. The molecule has 0 spiro atoms. The van der Waals surface area contributed by atoms with Gasteiger partial charge in [0.1, 0.15) is 12.4 Å². The lowest BCUT2D eigenvalue weighted by molar-refractivity contribution is -0.144. The van der Waals surface area contributed by atoms with Gasteiger partial charge in [-0.05, 0) is 31.7 Å². The van der Waals surface area contributed by atoms with Crippen molar-refractivity contribution in [2.45, 2.75) is 32.2 Å². The number of hydrogen-bond acceptors (Lipinski definition) is 3. The number of para-hydroxylation sites is 1. The van der Waals surface area contributed by atoms with Crippen LogP contribution in [-0.2, 0) is 16.1 Å². The van der Waals surface area contributed by atoms with Gasteiger partial charge >= 0.3 is 5.97 Å². The second kappa shape index (κ2) is 8.36. The van der Waals surface area contributed by atoms with Crippen molar-refractivity contribution in [2.75, 3.05) is 6.61 Å². The van der Waals surface area contributed by atoms with E-state index in [9.17, 15) is 9.59 Å². The van der Waals surface area contributed by atoms with Gasteiger partial charge in [0.15, 0.2) is 0 Å². The molecule has 0 unspecified atom stereocenters. The minimum absolute atomic E-state index is 0.00707. The molecule has 5 nitrogen and oxygen atoms in total. The minimum atomic E-state index is -0.753. The number of carboxylic acids is 1. The van der Waals surface area contributed by atoms with Crippen LogP contribution in [0.4, 0.5) is 0 Å². The molecule has 0 radical (unpaired) electrons. The molecule has 1 fully saturated rings. The van der Waals surface area contributed by atoms with Gasteiger partial charge in [-0.2, -0.15) is 0 Å². The smallest absolute Gasteiger partial charge is 0.306 e. The summed E-state index contributed by atoms with van der Waals surface area (Å²) in [5.74, 6) is -0.411. The molecule has 5 heteroatoms. The Balaban J connectivity index is 1.85. The summed E-state index contributed by atoms with van der Waals surface area (Å²) in [5.41, 5.74) is 0.918. The number of nitrogens with one attached hydrogen (secondary N) is 1. The molecule has 1 aliphatic carbocycles. The van der Waals surface area contributed by atoms with Crippen LogP contribution in [0.2, 0.25) is 0 Å².